The maximum atomic E-state index is 13.3. The number of anilines is 2. The Morgan fingerprint density at radius 2 is 2.06 bits per heavy atom. The number of benzene rings is 1. The third-order valence-electron chi connectivity index (χ3n) is 2.02. The van der Waals surface area contributed by atoms with Crippen molar-refractivity contribution in [2.24, 2.45) is 5.73 Å². The van der Waals surface area contributed by atoms with Crippen LogP contribution >= 0.6 is 0 Å². The van der Waals surface area contributed by atoms with Crippen molar-refractivity contribution in [2.75, 3.05) is 5.32 Å². The number of nitrogens with two attached hydrogens (primary N) is 1. The Kier molecular flexibility index (Phi) is 3.07. The van der Waals surface area contributed by atoms with Gasteiger partial charge in [0, 0.05) is 6.20 Å². The van der Waals surface area contributed by atoms with Crippen LogP contribution in [-0.2, 0) is 6.54 Å². The molecule has 1 heterocycles. The van der Waals surface area contributed by atoms with Crippen molar-refractivity contribution in [1.82, 2.24) is 9.97 Å². The lowest BCUT2D eigenvalue weighted by Crippen LogP contribution is -2.05. The highest BCUT2D eigenvalue weighted by atomic mass is 19.1. The third kappa shape index (κ3) is 2.32. The number of hydrogen-bond donors (Lipinski definition) is 2. The summed E-state index contributed by atoms with van der Waals surface area (Å²) in [6, 6.07) is 8.06. The Morgan fingerprint density at radius 3 is 2.81 bits per heavy atom. The number of para-hydroxylation sites is 1. The number of rotatable bonds is 3. The van der Waals surface area contributed by atoms with Gasteiger partial charge >= 0.3 is 0 Å². The van der Waals surface area contributed by atoms with Gasteiger partial charge in [-0.3, -0.25) is 0 Å². The fraction of sp³-hybridized carbons (Fsp3) is 0.0909. The molecule has 0 spiro atoms. The summed E-state index contributed by atoms with van der Waals surface area (Å²) in [7, 11) is 0. The van der Waals surface area contributed by atoms with Crippen molar-refractivity contribution in [3.8, 4) is 0 Å². The van der Waals surface area contributed by atoms with Gasteiger partial charge in [-0.05, 0) is 18.2 Å². The Bertz CT molecular complexity index is 487. The number of hydrogen-bond acceptors (Lipinski definition) is 4. The van der Waals surface area contributed by atoms with E-state index in [1.807, 2.05) is 0 Å². The normalized spacial score (nSPS) is 10.1. The first-order chi connectivity index (χ1) is 7.79. The molecule has 0 saturated heterocycles. The molecule has 0 bridgehead atoms. The zero-order chi connectivity index (χ0) is 11.4. The largest absolute Gasteiger partial charge is 0.338 e. The fourth-order valence-corrected chi connectivity index (χ4v) is 1.27. The van der Waals surface area contributed by atoms with Gasteiger partial charge in [-0.1, -0.05) is 12.1 Å². The minimum absolute atomic E-state index is 0.257. The summed E-state index contributed by atoms with van der Waals surface area (Å²) >= 11 is 0. The molecule has 5 heteroatoms. The molecular formula is C11H11FN4. The first-order valence-electron chi connectivity index (χ1n) is 4.83. The molecule has 0 unspecified atom stereocenters. The lowest BCUT2D eigenvalue weighted by atomic mass is 10.3. The minimum Gasteiger partial charge on any atom is -0.338 e. The van der Waals surface area contributed by atoms with E-state index in [9.17, 15) is 4.39 Å². The molecule has 0 aliphatic rings. The summed E-state index contributed by atoms with van der Waals surface area (Å²) in [5, 5.41) is 2.87. The average Bonchev–Trinajstić information content (AvgIpc) is 2.32. The molecule has 1 aromatic heterocycles. The van der Waals surface area contributed by atoms with Gasteiger partial charge in [-0.2, -0.15) is 0 Å². The van der Waals surface area contributed by atoms with Gasteiger partial charge in [0.25, 0.3) is 0 Å². The molecular weight excluding hydrogens is 207 g/mol. The summed E-state index contributed by atoms with van der Waals surface area (Å²) in [4.78, 5) is 8.07. The van der Waals surface area contributed by atoms with Gasteiger partial charge in [-0.15, -0.1) is 0 Å². The van der Waals surface area contributed by atoms with Crippen LogP contribution < -0.4 is 11.1 Å². The van der Waals surface area contributed by atoms with Gasteiger partial charge < -0.3 is 11.1 Å². The lowest BCUT2D eigenvalue weighted by molar-refractivity contribution is 0.631. The van der Waals surface area contributed by atoms with Crippen LogP contribution in [0, 0.1) is 5.82 Å². The highest BCUT2D eigenvalue weighted by Crippen LogP contribution is 2.17. The zero-order valence-electron chi connectivity index (χ0n) is 8.52. The van der Waals surface area contributed by atoms with Crippen LogP contribution in [0.3, 0.4) is 0 Å². The van der Waals surface area contributed by atoms with E-state index in [-0.39, 0.29) is 12.4 Å². The van der Waals surface area contributed by atoms with Crippen molar-refractivity contribution >= 4 is 11.5 Å². The van der Waals surface area contributed by atoms with Crippen LogP contribution in [0.25, 0.3) is 0 Å². The monoisotopic (exact) mass is 218 g/mol. The highest BCUT2D eigenvalue weighted by molar-refractivity contribution is 5.56. The van der Waals surface area contributed by atoms with Crippen molar-refractivity contribution in [2.45, 2.75) is 6.54 Å². The topological polar surface area (TPSA) is 63.8 Å². The predicted molar refractivity (Wildman–Crippen MR) is 59.6 cm³/mol. The third-order valence-corrected chi connectivity index (χ3v) is 2.02. The van der Waals surface area contributed by atoms with Crippen LogP contribution in [0.5, 0.6) is 0 Å². The lowest BCUT2D eigenvalue weighted by Gasteiger charge is -2.06. The number of halogens is 1. The smallest absolute Gasteiger partial charge is 0.146 e. The second kappa shape index (κ2) is 4.67. The number of aromatic nitrogens is 2. The predicted octanol–water partition coefficient (Wildman–Crippen LogP) is 1.82. The van der Waals surface area contributed by atoms with Crippen LogP contribution in [0.2, 0.25) is 0 Å². The summed E-state index contributed by atoms with van der Waals surface area (Å²) in [5.74, 6) is 0.720. The Balaban J connectivity index is 2.24. The molecule has 4 nitrogen and oxygen atoms in total. The van der Waals surface area contributed by atoms with E-state index in [4.69, 9.17) is 5.73 Å². The second-order valence-corrected chi connectivity index (χ2v) is 3.17. The molecule has 0 atom stereocenters. The van der Waals surface area contributed by atoms with Crippen LogP contribution in [0.1, 0.15) is 5.82 Å². The minimum atomic E-state index is -0.324. The van der Waals surface area contributed by atoms with E-state index < -0.39 is 0 Å². The molecule has 2 aromatic rings. The maximum absolute atomic E-state index is 13.3. The van der Waals surface area contributed by atoms with E-state index in [1.54, 1.807) is 30.5 Å². The van der Waals surface area contributed by atoms with Crippen molar-refractivity contribution in [3.05, 3.63) is 48.2 Å². The molecule has 3 N–H and O–H groups in total. The molecule has 0 saturated carbocycles. The molecule has 82 valence electrons. The van der Waals surface area contributed by atoms with Gasteiger partial charge in [0.05, 0.1) is 12.2 Å². The van der Waals surface area contributed by atoms with Crippen molar-refractivity contribution in [3.63, 3.8) is 0 Å². The Hall–Kier alpha value is -2.01. The SMILES string of the molecule is NCc1nccc(Nc2ccccc2F)n1. The van der Waals surface area contributed by atoms with Gasteiger partial charge in [0.15, 0.2) is 0 Å². The van der Waals surface area contributed by atoms with Crippen molar-refractivity contribution in [1.29, 1.82) is 0 Å². The van der Waals surface area contributed by atoms with E-state index >= 15 is 0 Å². The maximum Gasteiger partial charge on any atom is 0.146 e. The molecule has 0 radical (unpaired) electrons. The number of nitrogens with zero attached hydrogens (tertiary/aromatic N) is 2. The standard InChI is InChI=1S/C11H11FN4/c12-8-3-1-2-4-9(8)15-10-5-6-14-11(7-13)16-10/h1-6H,7,13H2,(H,14,15,16). The Morgan fingerprint density at radius 1 is 1.25 bits per heavy atom. The van der Waals surface area contributed by atoms with Crippen LogP contribution in [-0.4, -0.2) is 9.97 Å². The molecule has 1 aromatic carbocycles. The van der Waals surface area contributed by atoms with E-state index in [0.717, 1.165) is 0 Å². The van der Waals surface area contributed by atoms with Gasteiger partial charge in [-0.25, -0.2) is 14.4 Å². The summed E-state index contributed by atoms with van der Waals surface area (Å²) in [6.07, 6.45) is 1.58. The van der Waals surface area contributed by atoms with E-state index in [0.29, 0.717) is 17.3 Å². The van der Waals surface area contributed by atoms with Gasteiger partial charge in [0.1, 0.15) is 17.5 Å². The first-order valence-corrected chi connectivity index (χ1v) is 4.83. The second-order valence-electron chi connectivity index (χ2n) is 3.17. The molecule has 0 amide bonds. The number of nitrogens with one attached hydrogen (secondary N) is 1. The first kappa shape index (κ1) is 10.5. The van der Waals surface area contributed by atoms with E-state index in [2.05, 4.69) is 15.3 Å². The molecule has 0 aliphatic carbocycles. The quantitative estimate of drug-likeness (QED) is 0.824. The van der Waals surface area contributed by atoms with Crippen molar-refractivity contribution < 1.29 is 4.39 Å². The van der Waals surface area contributed by atoms with Gasteiger partial charge in [0.2, 0.25) is 0 Å². The average molecular weight is 218 g/mol. The molecule has 0 aliphatic heterocycles. The molecule has 16 heavy (non-hydrogen) atoms. The van der Waals surface area contributed by atoms with Crippen LogP contribution in [0.4, 0.5) is 15.9 Å². The molecule has 0 fully saturated rings. The fourth-order valence-electron chi connectivity index (χ4n) is 1.27. The summed E-state index contributed by atoms with van der Waals surface area (Å²) < 4.78 is 13.3. The zero-order valence-corrected chi connectivity index (χ0v) is 8.52. The molecule has 2 rings (SSSR count). The Labute approximate surface area is 92.3 Å². The van der Waals surface area contributed by atoms with Crippen LogP contribution in [0.15, 0.2) is 36.5 Å². The summed E-state index contributed by atoms with van der Waals surface area (Å²) in [6.45, 7) is 0.257. The van der Waals surface area contributed by atoms with E-state index in [1.165, 1.54) is 6.07 Å². The summed E-state index contributed by atoms with van der Waals surface area (Å²) in [5.41, 5.74) is 5.79. The highest BCUT2D eigenvalue weighted by Gasteiger charge is 2.02.